The number of rotatable bonds is 21. The van der Waals surface area contributed by atoms with E-state index in [0.717, 1.165) is 17.6 Å². The van der Waals surface area contributed by atoms with Crippen molar-refractivity contribution in [1.29, 1.82) is 0 Å². The summed E-state index contributed by atoms with van der Waals surface area (Å²) in [5, 5.41) is 0.0680. The Labute approximate surface area is 400 Å². The molecule has 3 aliphatic rings. The van der Waals surface area contributed by atoms with Crippen molar-refractivity contribution < 1.29 is 64.1 Å². The molecular formula is C49H88O14SSi2. The second kappa shape index (κ2) is 22.0. The molecule has 0 radical (unpaired) electrons. The molecule has 1 aromatic rings. The monoisotopic (exact) mass is 989 g/mol. The Bertz CT molecular complexity index is 1820. The maximum Gasteiger partial charge on any atom is 0.265 e. The zero-order chi connectivity index (χ0) is 49.9. The SMILES string of the molecule is COc1ccc(CO[C@@H](CCO[Si](C)(C)C(C)(C)C)[C@H](C)C(=O)C(OS(C)(=O)=O)[C@H]2C[C@@H](C[C@@H]3C[C@@H](C[C@@H]4C[C@H](CO[Si](C)(C)C(C)(C)C)OC(C)(C)O4)OC(C)(C)O3)OC(C)(C)O2)cc1. The number of Topliss-reactive ketones (excluding diaryl/α,β-unsaturated/α-hetero) is 1. The molecule has 1 unspecified atom stereocenters. The first-order valence-corrected chi connectivity index (χ1v) is 31.6. The summed E-state index contributed by atoms with van der Waals surface area (Å²) in [6.07, 6.45) is -0.368. The number of carbonyl (C=O) groups is 1. The average molecular weight is 989 g/mol. The third-order valence-corrected chi connectivity index (χ3v) is 23.5. The Morgan fingerprint density at radius 3 is 1.62 bits per heavy atom. The van der Waals surface area contributed by atoms with Crippen LogP contribution in [0.2, 0.25) is 36.3 Å². The summed E-state index contributed by atoms with van der Waals surface area (Å²) in [6, 6.07) is 7.54. The van der Waals surface area contributed by atoms with Crippen molar-refractivity contribution in [3.05, 3.63) is 29.8 Å². The topological polar surface area (TPSA) is 153 Å². The number of hydrogen-bond acceptors (Lipinski definition) is 14. The molecule has 382 valence electrons. The van der Waals surface area contributed by atoms with Crippen molar-refractivity contribution >= 4 is 32.5 Å². The Morgan fingerprint density at radius 1 is 0.712 bits per heavy atom. The molecule has 14 nitrogen and oxygen atoms in total. The number of methoxy groups -OCH3 is 1. The van der Waals surface area contributed by atoms with Crippen molar-refractivity contribution in [3.63, 3.8) is 0 Å². The molecule has 0 saturated carbocycles. The van der Waals surface area contributed by atoms with E-state index in [1.54, 1.807) is 27.9 Å². The number of benzene rings is 1. The second-order valence-electron chi connectivity index (χ2n) is 23.3. The molecule has 0 bridgehead atoms. The van der Waals surface area contributed by atoms with Gasteiger partial charge in [0.25, 0.3) is 10.1 Å². The third kappa shape index (κ3) is 17.2. The smallest absolute Gasteiger partial charge is 0.265 e. The minimum absolute atomic E-state index is 0.0151. The van der Waals surface area contributed by atoms with Crippen molar-refractivity contribution in [2.24, 2.45) is 5.92 Å². The molecule has 0 amide bonds. The first-order valence-electron chi connectivity index (χ1n) is 24.0. The summed E-state index contributed by atoms with van der Waals surface area (Å²) in [4.78, 5) is 14.8. The lowest BCUT2D eigenvalue weighted by atomic mass is 9.88. The molecule has 1 aromatic carbocycles. The first kappa shape index (κ1) is 57.3. The quantitative estimate of drug-likeness (QED) is 0.0848. The van der Waals surface area contributed by atoms with Gasteiger partial charge in [0.15, 0.2) is 45.9 Å². The fourth-order valence-corrected chi connectivity index (χ4v) is 11.2. The number of carbonyl (C=O) groups excluding carboxylic acids is 1. The van der Waals surface area contributed by atoms with E-state index in [-0.39, 0.29) is 47.5 Å². The van der Waals surface area contributed by atoms with Crippen LogP contribution in [-0.4, -0.2) is 124 Å². The van der Waals surface area contributed by atoms with E-state index in [0.29, 0.717) is 45.3 Å². The van der Waals surface area contributed by atoms with E-state index in [1.165, 1.54) is 0 Å². The minimum Gasteiger partial charge on any atom is -0.497 e. The highest BCUT2D eigenvalue weighted by molar-refractivity contribution is 7.86. The predicted octanol–water partition coefficient (Wildman–Crippen LogP) is 10.1. The van der Waals surface area contributed by atoms with E-state index < -0.39 is 80.2 Å². The Kier molecular flexibility index (Phi) is 19.1. The van der Waals surface area contributed by atoms with Gasteiger partial charge in [0.1, 0.15) is 5.75 Å². The van der Waals surface area contributed by atoms with Gasteiger partial charge in [0, 0.05) is 44.6 Å². The molecular weight excluding hydrogens is 901 g/mol. The zero-order valence-corrected chi connectivity index (χ0v) is 46.8. The first-order chi connectivity index (χ1) is 30.0. The number of hydrogen-bond donors (Lipinski definition) is 0. The van der Waals surface area contributed by atoms with Gasteiger partial charge in [0.05, 0.1) is 69.3 Å². The van der Waals surface area contributed by atoms with Gasteiger partial charge >= 0.3 is 0 Å². The van der Waals surface area contributed by atoms with Crippen LogP contribution in [0.15, 0.2) is 24.3 Å². The van der Waals surface area contributed by atoms with Crippen LogP contribution < -0.4 is 4.74 Å². The highest BCUT2D eigenvalue weighted by atomic mass is 32.2. The fourth-order valence-electron chi connectivity index (χ4n) is 8.53. The van der Waals surface area contributed by atoms with E-state index in [4.69, 9.17) is 50.9 Å². The second-order valence-corrected chi connectivity index (χ2v) is 34.5. The summed E-state index contributed by atoms with van der Waals surface area (Å²) in [7, 11) is -6.63. The van der Waals surface area contributed by atoms with E-state index in [2.05, 4.69) is 67.7 Å². The van der Waals surface area contributed by atoms with E-state index in [1.807, 2.05) is 52.0 Å². The van der Waals surface area contributed by atoms with E-state index >= 15 is 0 Å². The van der Waals surface area contributed by atoms with E-state index in [9.17, 15) is 13.2 Å². The van der Waals surface area contributed by atoms with Crippen LogP contribution in [0.5, 0.6) is 5.75 Å². The molecule has 17 heteroatoms. The Hall–Kier alpha value is -1.33. The molecule has 3 heterocycles. The van der Waals surface area contributed by atoms with Crippen LogP contribution in [0.3, 0.4) is 0 Å². The van der Waals surface area contributed by atoms with Gasteiger partial charge in [-0.25, -0.2) is 0 Å². The summed E-state index contributed by atoms with van der Waals surface area (Å²) >= 11 is 0. The lowest BCUT2D eigenvalue weighted by Gasteiger charge is -2.47. The lowest BCUT2D eigenvalue weighted by molar-refractivity contribution is -0.337. The van der Waals surface area contributed by atoms with Crippen LogP contribution in [0, 0.1) is 5.92 Å². The van der Waals surface area contributed by atoms with Crippen LogP contribution in [0.25, 0.3) is 0 Å². The Balaban J connectivity index is 1.51. The largest absolute Gasteiger partial charge is 0.497 e. The molecule has 0 N–H and O–H groups in total. The summed E-state index contributed by atoms with van der Waals surface area (Å²) in [5.74, 6) is -3.38. The minimum atomic E-state index is -4.12. The number of ether oxygens (including phenoxy) is 8. The van der Waals surface area contributed by atoms with Gasteiger partial charge in [-0.05, 0) is 102 Å². The maximum absolute atomic E-state index is 14.8. The Morgan fingerprint density at radius 2 is 1.15 bits per heavy atom. The normalized spacial score (nSPS) is 27.7. The van der Waals surface area contributed by atoms with Gasteiger partial charge in [0.2, 0.25) is 0 Å². The van der Waals surface area contributed by atoms with Gasteiger partial charge < -0.3 is 46.7 Å². The predicted molar refractivity (Wildman–Crippen MR) is 261 cm³/mol. The molecule has 0 aliphatic carbocycles. The van der Waals surface area contributed by atoms with Crippen molar-refractivity contribution in [1.82, 2.24) is 0 Å². The molecule has 3 aliphatic heterocycles. The zero-order valence-electron chi connectivity index (χ0n) is 44.0. The maximum atomic E-state index is 14.8. The van der Waals surface area contributed by atoms with Crippen molar-refractivity contribution in [3.8, 4) is 5.75 Å². The molecule has 66 heavy (non-hydrogen) atoms. The lowest BCUT2D eigenvalue weighted by Crippen LogP contribution is -2.55. The molecule has 4 rings (SSSR count). The van der Waals surface area contributed by atoms with Gasteiger partial charge in [-0.2, -0.15) is 8.42 Å². The highest BCUT2D eigenvalue weighted by Crippen LogP contribution is 2.41. The molecule has 9 atom stereocenters. The fraction of sp³-hybridized carbons (Fsp3) is 0.857. The van der Waals surface area contributed by atoms with Crippen LogP contribution in [0.1, 0.15) is 134 Å². The van der Waals surface area contributed by atoms with Crippen LogP contribution in [0.4, 0.5) is 0 Å². The molecule has 0 spiro atoms. The standard InChI is InChI=1S/C49H88O14SSi2/c1-33(41(24-25-55-65(16,17)45(2,3)4)54-31-34-20-22-35(53-14)23-21-34)43(50)44(63-64(15,51)52)42-30-39(60-49(12,13)62-42)28-37-26-36(57-47(8,9)58-37)27-38-29-40(61-48(10,11)59-38)32-56-66(18,19)46(5,6)7/h20-23,33,36-42,44H,24-32H2,1-19H3/t33-,36-,37-,38+,39+,40+,41-,42+,44?/m0/s1. The molecule has 3 saturated heterocycles. The third-order valence-electron chi connectivity index (χ3n) is 13.9. The molecule has 3 fully saturated rings. The summed E-state index contributed by atoms with van der Waals surface area (Å²) < 4.78 is 95.4. The van der Waals surface area contributed by atoms with Crippen LogP contribution in [-0.2, 0) is 67.7 Å². The van der Waals surface area contributed by atoms with Gasteiger partial charge in [-0.1, -0.05) is 60.6 Å². The van der Waals surface area contributed by atoms with Crippen molar-refractivity contribution in [2.45, 2.75) is 238 Å². The number of ketones is 1. The summed E-state index contributed by atoms with van der Waals surface area (Å²) in [6.45, 7) is 36.2. The van der Waals surface area contributed by atoms with Crippen LogP contribution >= 0.6 is 0 Å². The highest BCUT2D eigenvalue weighted by Gasteiger charge is 2.48. The average Bonchev–Trinajstić information content (AvgIpc) is 3.14. The summed E-state index contributed by atoms with van der Waals surface area (Å²) in [5.41, 5.74) is 0.896. The van der Waals surface area contributed by atoms with Gasteiger partial charge in [-0.15, -0.1) is 0 Å². The van der Waals surface area contributed by atoms with Gasteiger partial charge in [-0.3, -0.25) is 8.98 Å². The van der Waals surface area contributed by atoms with Crippen molar-refractivity contribution in [2.75, 3.05) is 26.6 Å². The molecule has 0 aromatic heterocycles.